The fourth-order valence-electron chi connectivity index (χ4n) is 2.10. The van der Waals surface area contributed by atoms with E-state index in [4.69, 9.17) is 0 Å². The standard InChI is InChI=1S/C16H18BrNO2S/c1-10(2)15(16(19)20)18-9-11-7-8-14(21-11)12-5-3-4-6-13(12)17/h3-8,10,15,18H,9H2,1-2H3,(H,19,20)/t15-/m0/s1. The number of carboxylic acid groups (broad SMARTS) is 1. The van der Waals surface area contributed by atoms with E-state index in [9.17, 15) is 9.90 Å². The van der Waals surface area contributed by atoms with Crippen LogP contribution in [0.3, 0.4) is 0 Å². The second-order valence-electron chi connectivity index (χ2n) is 5.19. The van der Waals surface area contributed by atoms with Crippen LogP contribution in [0, 0.1) is 5.92 Å². The van der Waals surface area contributed by atoms with Gasteiger partial charge >= 0.3 is 5.97 Å². The molecule has 3 nitrogen and oxygen atoms in total. The van der Waals surface area contributed by atoms with Crippen molar-refractivity contribution in [3.63, 3.8) is 0 Å². The van der Waals surface area contributed by atoms with E-state index < -0.39 is 12.0 Å². The summed E-state index contributed by atoms with van der Waals surface area (Å²) >= 11 is 5.24. The minimum Gasteiger partial charge on any atom is -0.480 e. The second kappa shape index (κ2) is 7.20. The molecule has 1 aromatic heterocycles. The van der Waals surface area contributed by atoms with Gasteiger partial charge < -0.3 is 5.11 Å². The Bertz CT molecular complexity index is 624. The Morgan fingerprint density at radius 3 is 2.62 bits per heavy atom. The molecular formula is C16H18BrNO2S. The van der Waals surface area contributed by atoms with Gasteiger partial charge in [0.25, 0.3) is 0 Å². The maximum Gasteiger partial charge on any atom is 0.320 e. The minimum atomic E-state index is -0.799. The molecule has 0 spiro atoms. The van der Waals surface area contributed by atoms with Crippen LogP contribution in [0.2, 0.25) is 0 Å². The van der Waals surface area contributed by atoms with Crippen LogP contribution >= 0.6 is 27.3 Å². The van der Waals surface area contributed by atoms with Crippen molar-refractivity contribution in [1.29, 1.82) is 0 Å². The van der Waals surface area contributed by atoms with Gasteiger partial charge in [-0.15, -0.1) is 11.3 Å². The maximum absolute atomic E-state index is 11.2. The fourth-order valence-corrected chi connectivity index (χ4v) is 3.73. The summed E-state index contributed by atoms with van der Waals surface area (Å²) in [6.45, 7) is 4.39. The van der Waals surface area contributed by atoms with Crippen LogP contribution in [0.15, 0.2) is 40.9 Å². The van der Waals surface area contributed by atoms with Crippen LogP contribution < -0.4 is 5.32 Å². The third-order valence-electron chi connectivity index (χ3n) is 3.23. The van der Waals surface area contributed by atoms with Gasteiger partial charge in [0.2, 0.25) is 0 Å². The Morgan fingerprint density at radius 2 is 2.00 bits per heavy atom. The molecule has 0 bridgehead atoms. The van der Waals surface area contributed by atoms with Gasteiger partial charge in [0, 0.05) is 26.3 Å². The van der Waals surface area contributed by atoms with Gasteiger partial charge in [-0.2, -0.15) is 0 Å². The molecule has 0 unspecified atom stereocenters. The van der Waals surface area contributed by atoms with Crippen LogP contribution in [0.25, 0.3) is 10.4 Å². The van der Waals surface area contributed by atoms with Crippen LogP contribution in [0.4, 0.5) is 0 Å². The lowest BCUT2D eigenvalue weighted by Crippen LogP contribution is -2.40. The first kappa shape index (κ1) is 16.2. The molecule has 1 heterocycles. The van der Waals surface area contributed by atoms with Gasteiger partial charge in [-0.05, 0) is 24.1 Å². The highest BCUT2D eigenvalue weighted by molar-refractivity contribution is 9.10. The van der Waals surface area contributed by atoms with Crippen molar-refractivity contribution in [3.8, 4) is 10.4 Å². The Hall–Kier alpha value is -1.17. The van der Waals surface area contributed by atoms with E-state index in [1.807, 2.05) is 38.1 Å². The second-order valence-corrected chi connectivity index (χ2v) is 7.21. The summed E-state index contributed by atoms with van der Waals surface area (Å²) in [6.07, 6.45) is 0. The Kier molecular flexibility index (Phi) is 5.56. The summed E-state index contributed by atoms with van der Waals surface area (Å²) in [4.78, 5) is 13.5. The van der Waals surface area contributed by atoms with Crippen molar-refractivity contribution in [2.45, 2.75) is 26.4 Å². The smallest absolute Gasteiger partial charge is 0.320 e. The number of halogens is 1. The van der Waals surface area contributed by atoms with Crippen molar-refractivity contribution in [1.82, 2.24) is 5.32 Å². The zero-order valence-corrected chi connectivity index (χ0v) is 14.4. The minimum absolute atomic E-state index is 0.0604. The van der Waals surface area contributed by atoms with Gasteiger partial charge in [-0.3, -0.25) is 10.1 Å². The van der Waals surface area contributed by atoms with E-state index in [2.05, 4.69) is 33.4 Å². The van der Waals surface area contributed by atoms with E-state index in [0.29, 0.717) is 6.54 Å². The maximum atomic E-state index is 11.2. The quantitative estimate of drug-likeness (QED) is 0.796. The molecule has 2 N–H and O–H groups in total. The largest absolute Gasteiger partial charge is 0.480 e. The molecule has 1 aromatic carbocycles. The molecule has 0 saturated heterocycles. The number of carbonyl (C=O) groups is 1. The highest BCUT2D eigenvalue weighted by atomic mass is 79.9. The topological polar surface area (TPSA) is 49.3 Å². The van der Waals surface area contributed by atoms with Crippen molar-refractivity contribution in [2.24, 2.45) is 5.92 Å². The molecule has 21 heavy (non-hydrogen) atoms. The number of hydrogen-bond acceptors (Lipinski definition) is 3. The van der Waals surface area contributed by atoms with E-state index in [0.717, 1.165) is 14.9 Å². The lowest BCUT2D eigenvalue weighted by Gasteiger charge is -2.17. The number of carboxylic acids is 1. The summed E-state index contributed by atoms with van der Waals surface area (Å²) in [6, 6.07) is 11.7. The Morgan fingerprint density at radius 1 is 1.29 bits per heavy atom. The lowest BCUT2D eigenvalue weighted by molar-refractivity contribution is -0.140. The van der Waals surface area contributed by atoms with Crippen LogP contribution in [-0.4, -0.2) is 17.1 Å². The number of benzene rings is 1. The Labute approximate surface area is 137 Å². The van der Waals surface area contributed by atoms with Crippen LogP contribution in [0.5, 0.6) is 0 Å². The van der Waals surface area contributed by atoms with Crippen LogP contribution in [-0.2, 0) is 11.3 Å². The van der Waals surface area contributed by atoms with Crippen LogP contribution in [0.1, 0.15) is 18.7 Å². The van der Waals surface area contributed by atoms with Gasteiger partial charge in [-0.1, -0.05) is 48.0 Å². The average Bonchev–Trinajstić information content (AvgIpc) is 2.87. The summed E-state index contributed by atoms with van der Waals surface area (Å²) in [7, 11) is 0. The first-order valence-corrected chi connectivity index (χ1v) is 8.39. The van der Waals surface area contributed by atoms with E-state index in [1.165, 1.54) is 4.88 Å². The van der Waals surface area contributed by atoms with Crippen molar-refractivity contribution >= 4 is 33.2 Å². The number of rotatable bonds is 6. The molecule has 0 aliphatic rings. The summed E-state index contributed by atoms with van der Waals surface area (Å²) < 4.78 is 1.07. The molecule has 0 aliphatic heterocycles. The zero-order chi connectivity index (χ0) is 15.4. The normalized spacial score (nSPS) is 12.6. The van der Waals surface area contributed by atoms with E-state index >= 15 is 0 Å². The molecule has 2 aromatic rings. The van der Waals surface area contributed by atoms with Gasteiger partial charge in [-0.25, -0.2) is 0 Å². The molecular weight excluding hydrogens is 350 g/mol. The third-order valence-corrected chi connectivity index (χ3v) is 5.04. The summed E-state index contributed by atoms with van der Waals surface area (Å²) in [5.74, 6) is -0.738. The number of nitrogens with one attached hydrogen (secondary N) is 1. The lowest BCUT2D eigenvalue weighted by atomic mass is 10.1. The SMILES string of the molecule is CC(C)[C@H](NCc1ccc(-c2ccccc2Br)s1)C(=O)O. The predicted octanol–water partition coefficient (Wildman–Crippen LogP) is 4.38. The third kappa shape index (κ3) is 4.15. The molecule has 0 aliphatic carbocycles. The van der Waals surface area contributed by atoms with Crippen molar-refractivity contribution in [2.75, 3.05) is 0 Å². The molecule has 0 saturated carbocycles. The fraction of sp³-hybridized carbons (Fsp3) is 0.312. The van der Waals surface area contributed by atoms with Crippen molar-refractivity contribution < 1.29 is 9.90 Å². The highest BCUT2D eigenvalue weighted by Crippen LogP contribution is 2.33. The molecule has 5 heteroatoms. The molecule has 0 amide bonds. The number of hydrogen-bond donors (Lipinski definition) is 2. The number of aliphatic carboxylic acids is 1. The van der Waals surface area contributed by atoms with Crippen molar-refractivity contribution in [3.05, 3.63) is 45.7 Å². The summed E-state index contributed by atoms with van der Waals surface area (Å²) in [5.41, 5.74) is 1.16. The molecule has 1 atom stereocenters. The molecule has 112 valence electrons. The zero-order valence-electron chi connectivity index (χ0n) is 12.0. The van der Waals surface area contributed by atoms with Gasteiger partial charge in [0.1, 0.15) is 6.04 Å². The monoisotopic (exact) mass is 367 g/mol. The first-order valence-electron chi connectivity index (χ1n) is 6.79. The average molecular weight is 368 g/mol. The van der Waals surface area contributed by atoms with E-state index in [-0.39, 0.29) is 5.92 Å². The first-order chi connectivity index (χ1) is 9.99. The highest BCUT2D eigenvalue weighted by Gasteiger charge is 2.20. The number of thiophene rings is 1. The molecule has 0 radical (unpaired) electrons. The molecule has 2 rings (SSSR count). The summed E-state index contributed by atoms with van der Waals surface area (Å²) in [5, 5.41) is 12.3. The molecule has 0 fully saturated rings. The predicted molar refractivity (Wildman–Crippen MR) is 90.6 cm³/mol. The Balaban J connectivity index is 2.07. The van der Waals surface area contributed by atoms with Gasteiger partial charge in [0.05, 0.1) is 0 Å². The van der Waals surface area contributed by atoms with Gasteiger partial charge in [0.15, 0.2) is 0 Å². The van der Waals surface area contributed by atoms with E-state index in [1.54, 1.807) is 11.3 Å².